The van der Waals surface area contributed by atoms with Crippen molar-refractivity contribution in [2.75, 3.05) is 5.73 Å². The van der Waals surface area contributed by atoms with E-state index in [0.29, 0.717) is 5.56 Å². The molecule has 0 bridgehead atoms. The van der Waals surface area contributed by atoms with E-state index in [0.717, 1.165) is 21.3 Å². The fourth-order valence-electron chi connectivity index (χ4n) is 1.87. The molecule has 0 amide bonds. The van der Waals surface area contributed by atoms with Gasteiger partial charge >= 0.3 is 11.9 Å². The Balaban J connectivity index is 2.40. The molecule has 5 nitrogen and oxygen atoms in total. The van der Waals surface area contributed by atoms with Gasteiger partial charge in [0.05, 0.1) is 12.1 Å². The zero-order valence-corrected chi connectivity index (χ0v) is 11.0. The first-order valence-electron chi connectivity index (χ1n) is 5.92. The summed E-state index contributed by atoms with van der Waals surface area (Å²) in [7, 11) is 1.43. The van der Waals surface area contributed by atoms with Crippen molar-refractivity contribution in [3.63, 3.8) is 0 Å². The van der Waals surface area contributed by atoms with E-state index in [1.54, 1.807) is 0 Å². The maximum Gasteiger partial charge on any atom is 0.416 e. The minimum Gasteiger partial charge on any atom is -0.393 e. The van der Waals surface area contributed by atoms with Crippen LogP contribution in [0.3, 0.4) is 0 Å². The van der Waals surface area contributed by atoms with Crippen LogP contribution in [0.1, 0.15) is 11.1 Å². The Morgan fingerprint density at radius 3 is 2.24 bits per heavy atom. The van der Waals surface area contributed by atoms with Crippen LogP contribution in [0.4, 0.5) is 18.9 Å². The normalized spacial score (nSPS) is 11.6. The SMILES string of the molecule is Cn1cc(N)c(=O)n(Cc2ccc(C(F)(F)F)cc2)c1=O. The number of benzene rings is 1. The van der Waals surface area contributed by atoms with Crippen molar-refractivity contribution in [1.29, 1.82) is 0 Å². The first-order valence-corrected chi connectivity index (χ1v) is 5.92. The molecule has 0 saturated heterocycles. The highest BCUT2D eigenvalue weighted by atomic mass is 19.4. The van der Waals surface area contributed by atoms with Gasteiger partial charge in [-0.15, -0.1) is 0 Å². The molecule has 2 rings (SSSR count). The summed E-state index contributed by atoms with van der Waals surface area (Å²) in [5.41, 5.74) is 3.72. The van der Waals surface area contributed by atoms with Gasteiger partial charge in [0.1, 0.15) is 5.69 Å². The summed E-state index contributed by atoms with van der Waals surface area (Å²) in [5.74, 6) is 0. The van der Waals surface area contributed by atoms with Gasteiger partial charge in [-0.05, 0) is 17.7 Å². The molecule has 0 fully saturated rings. The average molecular weight is 299 g/mol. The Hall–Kier alpha value is -2.51. The molecule has 0 aliphatic carbocycles. The number of nitrogens with two attached hydrogens (primary N) is 1. The Morgan fingerprint density at radius 2 is 1.71 bits per heavy atom. The van der Waals surface area contributed by atoms with E-state index < -0.39 is 23.0 Å². The fourth-order valence-corrected chi connectivity index (χ4v) is 1.87. The van der Waals surface area contributed by atoms with Gasteiger partial charge in [0.25, 0.3) is 5.56 Å². The number of halogens is 3. The first kappa shape index (κ1) is 14.9. The molecule has 1 aromatic heterocycles. The van der Waals surface area contributed by atoms with Crippen LogP contribution in [0, 0.1) is 0 Å². The summed E-state index contributed by atoms with van der Waals surface area (Å²) < 4.78 is 39.4. The Kier molecular flexibility index (Phi) is 3.63. The highest BCUT2D eigenvalue weighted by Gasteiger charge is 2.29. The molecule has 0 radical (unpaired) electrons. The highest BCUT2D eigenvalue weighted by molar-refractivity contribution is 5.31. The number of aromatic nitrogens is 2. The maximum atomic E-state index is 12.5. The van der Waals surface area contributed by atoms with E-state index in [4.69, 9.17) is 5.73 Å². The fraction of sp³-hybridized carbons (Fsp3) is 0.231. The average Bonchev–Trinajstić information content (AvgIpc) is 2.41. The molecule has 8 heteroatoms. The summed E-state index contributed by atoms with van der Waals surface area (Å²) in [6.07, 6.45) is -3.23. The van der Waals surface area contributed by atoms with Gasteiger partial charge < -0.3 is 10.3 Å². The van der Waals surface area contributed by atoms with Gasteiger partial charge in [-0.3, -0.25) is 9.36 Å². The van der Waals surface area contributed by atoms with Gasteiger partial charge in [0.2, 0.25) is 0 Å². The molecule has 2 aromatic rings. The number of anilines is 1. The Labute approximate surface area is 117 Å². The van der Waals surface area contributed by atoms with Crippen molar-refractivity contribution >= 4 is 5.69 Å². The van der Waals surface area contributed by atoms with E-state index in [1.165, 1.54) is 25.4 Å². The number of nitrogens with zero attached hydrogens (tertiary/aromatic N) is 2. The molecule has 0 atom stereocenters. The molecule has 0 saturated carbocycles. The molecule has 0 aliphatic heterocycles. The van der Waals surface area contributed by atoms with Crippen molar-refractivity contribution in [2.45, 2.75) is 12.7 Å². The molecule has 0 spiro atoms. The summed E-state index contributed by atoms with van der Waals surface area (Å²) in [4.78, 5) is 23.7. The molecule has 112 valence electrons. The van der Waals surface area contributed by atoms with Crippen molar-refractivity contribution in [3.05, 3.63) is 62.4 Å². The Bertz CT molecular complexity index is 739. The lowest BCUT2D eigenvalue weighted by Gasteiger charge is -2.10. The summed E-state index contributed by atoms with van der Waals surface area (Å²) in [6, 6.07) is 4.24. The smallest absolute Gasteiger partial charge is 0.393 e. The predicted octanol–water partition coefficient (Wildman–Crippen LogP) is 1.20. The zero-order valence-electron chi connectivity index (χ0n) is 11.0. The van der Waals surface area contributed by atoms with E-state index in [-0.39, 0.29) is 12.2 Å². The number of hydrogen-bond acceptors (Lipinski definition) is 3. The van der Waals surface area contributed by atoms with Crippen molar-refractivity contribution in [3.8, 4) is 0 Å². The molecule has 2 N–H and O–H groups in total. The van der Waals surface area contributed by atoms with Crippen LogP contribution in [-0.4, -0.2) is 9.13 Å². The van der Waals surface area contributed by atoms with E-state index >= 15 is 0 Å². The van der Waals surface area contributed by atoms with Crippen LogP contribution in [0.15, 0.2) is 40.1 Å². The molecular weight excluding hydrogens is 287 g/mol. The summed E-state index contributed by atoms with van der Waals surface area (Å²) in [6.45, 7) is -0.144. The number of aryl methyl sites for hydroxylation is 1. The van der Waals surface area contributed by atoms with Gasteiger partial charge in [-0.25, -0.2) is 4.79 Å². The van der Waals surface area contributed by atoms with E-state index in [9.17, 15) is 22.8 Å². The van der Waals surface area contributed by atoms with E-state index in [2.05, 4.69) is 0 Å². The summed E-state index contributed by atoms with van der Waals surface area (Å²) >= 11 is 0. The monoisotopic (exact) mass is 299 g/mol. The van der Waals surface area contributed by atoms with Crippen LogP contribution < -0.4 is 17.0 Å². The molecule has 21 heavy (non-hydrogen) atoms. The topological polar surface area (TPSA) is 70.0 Å². The zero-order chi connectivity index (χ0) is 15.8. The van der Waals surface area contributed by atoms with Crippen molar-refractivity contribution in [2.24, 2.45) is 7.05 Å². The number of hydrogen-bond donors (Lipinski definition) is 1. The predicted molar refractivity (Wildman–Crippen MR) is 70.9 cm³/mol. The largest absolute Gasteiger partial charge is 0.416 e. The quantitative estimate of drug-likeness (QED) is 0.905. The third kappa shape index (κ3) is 2.99. The van der Waals surface area contributed by atoms with E-state index in [1.807, 2.05) is 0 Å². The minimum absolute atomic E-state index is 0.107. The van der Waals surface area contributed by atoms with Crippen LogP contribution in [0.5, 0.6) is 0 Å². The lowest BCUT2D eigenvalue weighted by atomic mass is 10.1. The lowest BCUT2D eigenvalue weighted by Crippen LogP contribution is -2.39. The first-order chi connectivity index (χ1) is 9.70. The van der Waals surface area contributed by atoms with Crippen molar-refractivity contribution < 1.29 is 13.2 Å². The highest BCUT2D eigenvalue weighted by Crippen LogP contribution is 2.29. The molecule has 1 aromatic carbocycles. The molecule has 1 heterocycles. The Morgan fingerprint density at radius 1 is 1.14 bits per heavy atom. The molecular formula is C13H12F3N3O2. The maximum absolute atomic E-state index is 12.5. The van der Waals surface area contributed by atoms with Crippen LogP contribution in [-0.2, 0) is 19.8 Å². The van der Waals surface area contributed by atoms with Gasteiger partial charge in [-0.1, -0.05) is 12.1 Å². The van der Waals surface area contributed by atoms with Crippen molar-refractivity contribution in [1.82, 2.24) is 9.13 Å². The second-order valence-corrected chi connectivity index (χ2v) is 4.56. The van der Waals surface area contributed by atoms with Gasteiger partial charge in [-0.2, -0.15) is 13.2 Å². The standard InChI is InChI=1S/C13H12F3N3O2/c1-18-7-10(17)11(20)19(12(18)21)6-8-2-4-9(5-3-8)13(14,15)16/h2-5,7H,6,17H2,1H3. The van der Waals surface area contributed by atoms with Gasteiger partial charge in [0.15, 0.2) is 0 Å². The number of alkyl halides is 3. The van der Waals surface area contributed by atoms with Crippen LogP contribution >= 0.6 is 0 Å². The lowest BCUT2D eigenvalue weighted by molar-refractivity contribution is -0.137. The second-order valence-electron chi connectivity index (χ2n) is 4.56. The number of nitrogen functional groups attached to an aromatic ring is 1. The molecule has 0 unspecified atom stereocenters. The van der Waals surface area contributed by atoms with Crippen LogP contribution in [0.2, 0.25) is 0 Å². The third-order valence-corrected chi connectivity index (χ3v) is 2.98. The minimum atomic E-state index is -4.43. The third-order valence-electron chi connectivity index (χ3n) is 2.98. The van der Waals surface area contributed by atoms with Crippen LogP contribution in [0.25, 0.3) is 0 Å². The molecule has 0 aliphatic rings. The second kappa shape index (κ2) is 5.12. The van der Waals surface area contributed by atoms with Gasteiger partial charge in [0, 0.05) is 13.2 Å². The number of rotatable bonds is 2. The summed E-state index contributed by atoms with van der Waals surface area (Å²) in [5, 5.41) is 0.